The quantitative estimate of drug-likeness (QED) is 0.0811. The van der Waals surface area contributed by atoms with Gasteiger partial charge in [0, 0.05) is 95.4 Å². The van der Waals surface area contributed by atoms with Crippen LogP contribution in [0.1, 0.15) is 57.0 Å². The van der Waals surface area contributed by atoms with Gasteiger partial charge in [0.15, 0.2) is 22.3 Å². The average molecular weight is 1060 g/mol. The first kappa shape index (κ1) is 53.9. The van der Waals surface area contributed by atoms with Gasteiger partial charge >= 0.3 is 0 Å². The molecule has 386 valence electrons. The van der Waals surface area contributed by atoms with Crippen molar-refractivity contribution in [2.75, 3.05) is 16.0 Å². The molecule has 0 saturated carbocycles. The second kappa shape index (κ2) is 25.7. The Labute approximate surface area is 433 Å². The molecule has 0 unspecified atom stereocenters. The lowest BCUT2D eigenvalue weighted by atomic mass is 10.1. The number of pyridine rings is 1. The lowest BCUT2D eigenvalue weighted by Gasteiger charge is -2.12. The highest BCUT2D eigenvalue weighted by atomic mass is 32.1. The van der Waals surface area contributed by atoms with Gasteiger partial charge in [-0.1, -0.05) is 12.1 Å². The van der Waals surface area contributed by atoms with Gasteiger partial charge in [0.25, 0.3) is 23.6 Å². The van der Waals surface area contributed by atoms with E-state index in [9.17, 15) is 36.3 Å². The monoisotopic (exact) mass is 1060 g/mol. The van der Waals surface area contributed by atoms with Gasteiger partial charge in [-0.2, -0.15) is 0 Å². The number of halogens is 5. The maximum absolute atomic E-state index is 13.9. The molecule has 0 spiro atoms. The number of hydrogen-bond acceptors (Lipinski definition) is 16. The molecule has 3 N–H and O–H groups in total. The van der Waals surface area contributed by atoms with Crippen molar-refractivity contribution in [3.63, 3.8) is 0 Å². The van der Waals surface area contributed by atoms with Crippen molar-refractivity contribution in [3.8, 4) is 40.2 Å². The van der Waals surface area contributed by atoms with Crippen LogP contribution in [0, 0.1) is 17.5 Å². The van der Waals surface area contributed by atoms with Crippen LogP contribution < -0.4 is 34.9 Å². The van der Waals surface area contributed by atoms with E-state index in [1.54, 1.807) is 11.4 Å². The van der Waals surface area contributed by atoms with Crippen molar-refractivity contribution in [2.24, 2.45) is 0 Å². The van der Waals surface area contributed by atoms with Crippen LogP contribution in [0.5, 0.6) is 40.2 Å². The fourth-order valence-corrected chi connectivity index (χ4v) is 6.77. The summed E-state index contributed by atoms with van der Waals surface area (Å²) < 4.78 is 90.2. The Kier molecular flexibility index (Phi) is 18.2. The lowest BCUT2D eigenvalue weighted by Crippen LogP contribution is -2.14. The molecule has 4 aromatic carbocycles. The third-order valence-electron chi connectivity index (χ3n) is 9.30. The number of nitrogens with zero attached hydrogens (tertiary/aromatic N) is 8. The Morgan fingerprint density at radius 2 is 0.987 bits per heavy atom. The summed E-state index contributed by atoms with van der Waals surface area (Å²) in [7, 11) is 0. The summed E-state index contributed by atoms with van der Waals surface area (Å²) in [6.45, 7) is 4.51. The zero-order valence-electron chi connectivity index (χ0n) is 39.9. The topological polar surface area (TPSA) is 227 Å². The van der Waals surface area contributed by atoms with E-state index in [0.29, 0.717) is 28.0 Å². The van der Waals surface area contributed by atoms with Crippen molar-refractivity contribution >= 4 is 46.1 Å². The minimum absolute atomic E-state index is 0.0252. The molecule has 0 atom stereocenters. The molecule has 0 fully saturated rings. The van der Waals surface area contributed by atoms with E-state index in [1.807, 2.05) is 13.8 Å². The van der Waals surface area contributed by atoms with Crippen LogP contribution in [0.2, 0.25) is 0 Å². The second-order valence-electron chi connectivity index (χ2n) is 15.8. The molecule has 0 aliphatic heterocycles. The maximum Gasteiger partial charge on any atom is 0.284 e. The zero-order valence-corrected chi connectivity index (χ0v) is 40.7. The van der Waals surface area contributed by atoms with Gasteiger partial charge in [0.2, 0.25) is 0 Å². The van der Waals surface area contributed by atoms with Crippen molar-refractivity contribution in [1.29, 1.82) is 0 Å². The Hall–Kier alpha value is -9.84. The van der Waals surface area contributed by atoms with Gasteiger partial charge in [0.1, 0.15) is 65.1 Å². The molecule has 9 aromatic rings. The number of ether oxygens (including phenoxy) is 4. The number of carbonyl (C=O) groups excluding carboxylic acids is 3. The van der Waals surface area contributed by atoms with E-state index in [4.69, 9.17) is 18.9 Å². The van der Waals surface area contributed by atoms with Crippen LogP contribution in [0.3, 0.4) is 0 Å². The van der Waals surface area contributed by atoms with Crippen molar-refractivity contribution in [1.82, 2.24) is 39.9 Å². The molecule has 0 aliphatic rings. The number of amides is 3. The first-order valence-corrected chi connectivity index (χ1v) is 23.0. The zero-order chi connectivity index (χ0) is 54.0. The van der Waals surface area contributed by atoms with Gasteiger partial charge in [0.05, 0.1) is 43.3 Å². The summed E-state index contributed by atoms with van der Waals surface area (Å²) >= 11 is 1.20. The van der Waals surface area contributed by atoms with E-state index in [1.165, 1.54) is 147 Å². The molecule has 0 bridgehead atoms. The highest BCUT2D eigenvalue weighted by Gasteiger charge is 2.25. The highest BCUT2D eigenvalue weighted by molar-refractivity contribution is 7.11. The van der Waals surface area contributed by atoms with Crippen LogP contribution in [0.15, 0.2) is 165 Å². The summed E-state index contributed by atoms with van der Waals surface area (Å²) in [5.74, 6) is -4.31. The third-order valence-corrected chi connectivity index (χ3v) is 10.1. The van der Waals surface area contributed by atoms with Crippen molar-refractivity contribution in [2.45, 2.75) is 32.8 Å². The number of rotatable bonds is 15. The predicted octanol–water partition coefficient (Wildman–Crippen LogP) is 11.7. The van der Waals surface area contributed by atoms with E-state index in [0.717, 1.165) is 25.1 Å². The minimum Gasteiger partial charge on any atom is -0.491 e. The molecule has 0 aliphatic carbocycles. The first-order valence-electron chi connectivity index (χ1n) is 22.2. The number of anilines is 3. The maximum atomic E-state index is 13.9. The summed E-state index contributed by atoms with van der Waals surface area (Å²) in [6.07, 6.45) is 15.6. The fraction of sp³-hybridized carbons (Fsp3) is 0.0962. The molecule has 18 nitrogen and oxygen atoms in total. The van der Waals surface area contributed by atoms with Crippen LogP contribution in [0.4, 0.5) is 39.0 Å². The minimum atomic E-state index is -3.08. The van der Waals surface area contributed by atoms with Crippen LogP contribution in [-0.2, 0) is 5.92 Å². The summed E-state index contributed by atoms with van der Waals surface area (Å²) in [5, 5.41) is 9.61. The fourth-order valence-electron chi connectivity index (χ4n) is 6.24. The largest absolute Gasteiger partial charge is 0.491 e. The van der Waals surface area contributed by atoms with Gasteiger partial charge in [-0.25, -0.2) is 56.8 Å². The molecule has 24 heteroatoms. The number of alkyl halides is 2. The van der Waals surface area contributed by atoms with E-state index < -0.39 is 41.1 Å². The van der Waals surface area contributed by atoms with Crippen LogP contribution in [-0.4, -0.2) is 63.7 Å². The molecule has 5 heterocycles. The Bertz CT molecular complexity index is 3390. The molecule has 0 saturated heterocycles. The normalized spacial score (nSPS) is 10.6. The highest BCUT2D eigenvalue weighted by Crippen LogP contribution is 2.30. The van der Waals surface area contributed by atoms with E-state index in [-0.39, 0.29) is 57.2 Å². The number of carbonyl (C=O) groups is 3. The summed E-state index contributed by atoms with van der Waals surface area (Å²) in [5.41, 5.74) is 0.493. The standard InChI is InChI=1S/C19H14F3N3O2.C19H17FN4O3.C14H9FN4O2S/c1-19(21,22)13-4-2-3-12(5-13)18(26)25-15-6-14(20)7-16(8-15)27-17-9-23-11-24-10-17;1-12(2)26-15-3-4-23-18(8-15)19(25)24-14-5-13(20)6-16(7-14)27-17-9-21-11-22-10-17;15-9-3-10(19-13(20)14-18-1-2-22-14)5-11(4-9)21-12-6-16-8-17-7-12/h2-11H,1H3,(H,25,26);3-12H,1-2H3,(H,24,25);1-8H,(H,19,20). The smallest absolute Gasteiger partial charge is 0.284 e. The summed E-state index contributed by atoms with van der Waals surface area (Å²) in [6, 6.07) is 19.6. The van der Waals surface area contributed by atoms with Gasteiger partial charge in [-0.05, 0) is 50.2 Å². The van der Waals surface area contributed by atoms with Crippen molar-refractivity contribution in [3.05, 3.63) is 204 Å². The Morgan fingerprint density at radius 1 is 0.526 bits per heavy atom. The second-order valence-corrected chi connectivity index (χ2v) is 16.7. The predicted molar refractivity (Wildman–Crippen MR) is 268 cm³/mol. The Morgan fingerprint density at radius 3 is 1.42 bits per heavy atom. The SMILES string of the molecule is CC(C)Oc1ccnc(C(=O)Nc2cc(F)cc(Oc3cncnc3)c2)c1.CC(F)(F)c1cccc(C(=O)Nc2cc(F)cc(Oc3cncnc3)c2)c1.O=C(Nc1cc(F)cc(Oc2cncnc2)c1)c1nccs1. The molecular formula is C52H40F5N11O7S. The van der Waals surface area contributed by atoms with Gasteiger partial charge in [-0.15, -0.1) is 11.3 Å². The molecule has 0 radical (unpaired) electrons. The lowest BCUT2D eigenvalue weighted by molar-refractivity contribution is 0.0174. The van der Waals surface area contributed by atoms with Gasteiger partial charge < -0.3 is 34.9 Å². The van der Waals surface area contributed by atoms with Crippen LogP contribution in [0.25, 0.3) is 0 Å². The number of hydrogen-bond donors (Lipinski definition) is 3. The van der Waals surface area contributed by atoms with Crippen LogP contribution >= 0.6 is 11.3 Å². The molecular weight excluding hydrogens is 1020 g/mol. The van der Waals surface area contributed by atoms with Crippen molar-refractivity contribution < 1.29 is 55.3 Å². The number of nitrogens with one attached hydrogen (secondary N) is 3. The first-order chi connectivity index (χ1) is 36.5. The van der Waals surface area contributed by atoms with E-state index in [2.05, 4.69) is 55.8 Å². The molecule has 3 amide bonds. The molecule has 5 aromatic heterocycles. The number of benzene rings is 4. The Balaban J connectivity index is 0.000000167. The summed E-state index contributed by atoms with van der Waals surface area (Å²) in [4.78, 5) is 67.4. The number of aromatic nitrogens is 8. The molecule has 9 rings (SSSR count). The third kappa shape index (κ3) is 16.9. The average Bonchev–Trinajstić information content (AvgIpc) is 3.93. The number of thiazole rings is 1. The van der Waals surface area contributed by atoms with Gasteiger partial charge in [-0.3, -0.25) is 19.4 Å². The van der Waals surface area contributed by atoms with E-state index >= 15 is 0 Å². The molecule has 76 heavy (non-hydrogen) atoms.